The summed E-state index contributed by atoms with van der Waals surface area (Å²) in [5.74, 6) is -0.888. The maximum absolute atomic E-state index is 11.8. The molecule has 1 atom stereocenters. The predicted molar refractivity (Wildman–Crippen MR) is 67.4 cm³/mol. The monoisotopic (exact) mass is 309 g/mol. The summed E-state index contributed by atoms with van der Waals surface area (Å²) in [6, 6.07) is 1.34. The molecule has 1 fully saturated rings. The van der Waals surface area contributed by atoms with E-state index < -0.39 is 21.7 Å². The van der Waals surface area contributed by atoms with E-state index >= 15 is 0 Å². The Labute approximate surface area is 114 Å². The Morgan fingerprint density at radius 1 is 1.39 bits per heavy atom. The van der Waals surface area contributed by atoms with Gasteiger partial charge in [0, 0.05) is 6.07 Å². The van der Waals surface area contributed by atoms with Crippen LogP contribution < -0.4 is 5.32 Å². The Balaban J connectivity index is 2.08. The molecule has 1 aromatic rings. The van der Waals surface area contributed by atoms with Crippen LogP contribution in [0, 0.1) is 5.92 Å². The second-order valence-electron chi connectivity index (χ2n) is 3.93. The van der Waals surface area contributed by atoms with Crippen LogP contribution >= 0.6 is 23.2 Å². The first-order valence-electron chi connectivity index (χ1n) is 5.07. The summed E-state index contributed by atoms with van der Waals surface area (Å²) in [7, 11) is -3.09. The van der Waals surface area contributed by atoms with Gasteiger partial charge in [-0.1, -0.05) is 11.6 Å². The van der Waals surface area contributed by atoms with Gasteiger partial charge in [-0.15, -0.1) is 0 Å². The smallest absolute Gasteiger partial charge is 0.229 e. The number of anilines is 1. The fourth-order valence-corrected chi connectivity index (χ4v) is 3.83. The molecule has 0 spiro atoms. The average molecular weight is 310 g/mol. The van der Waals surface area contributed by atoms with Crippen LogP contribution in [0.3, 0.4) is 0 Å². The molecule has 98 valence electrons. The maximum Gasteiger partial charge on any atom is 0.229 e. The van der Waals surface area contributed by atoms with Gasteiger partial charge in [0.25, 0.3) is 0 Å². The molecule has 0 aromatic carbocycles. The standard InChI is InChI=1S/C9H9Cl2N3O3S/c10-6-3-7(14-9(11)12-6)13-8(15)5-1-2-18(16,17)4-5/h3,5H,1-2,4H2,(H,12,13,14,15). The summed E-state index contributed by atoms with van der Waals surface area (Å²) in [4.78, 5) is 19.2. The van der Waals surface area contributed by atoms with Crippen molar-refractivity contribution in [1.29, 1.82) is 0 Å². The Hall–Kier alpha value is -0.920. The lowest BCUT2D eigenvalue weighted by molar-refractivity contribution is -0.119. The molecule has 1 unspecified atom stereocenters. The first-order chi connectivity index (χ1) is 8.35. The highest BCUT2D eigenvalue weighted by Gasteiger charge is 2.33. The molecule has 6 nitrogen and oxygen atoms in total. The van der Waals surface area contributed by atoms with E-state index in [1.807, 2.05) is 0 Å². The Bertz CT molecular complexity index is 570. The zero-order valence-corrected chi connectivity index (χ0v) is 11.4. The van der Waals surface area contributed by atoms with Gasteiger partial charge in [-0.2, -0.15) is 0 Å². The molecule has 1 aliphatic rings. The van der Waals surface area contributed by atoms with Crippen molar-refractivity contribution in [2.45, 2.75) is 6.42 Å². The van der Waals surface area contributed by atoms with E-state index in [-0.39, 0.29) is 27.8 Å². The van der Waals surface area contributed by atoms with E-state index in [1.165, 1.54) is 6.07 Å². The molecule has 2 rings (SSSR count). The predicted octanol–water partition coefficient (Wildman–Crippen LogP) is 1.16. The zero-order chi connectivity index (χ0) is 13.3. The van der Waals surface area contributed by atoms with E-state index in [1.54, 1.807) is 0 Å². The largest absolute Gasteiger partial charge is 0.310 e. The molecule has 0 radical (unpaired) electrons. The van der Waals surface area contributed by atoms with Gasteiger partial charge in [0.2, 0.25) is 11.2 Å². The quantitative estimate of drug-likeness (QED) is 0.654. The summed E-state index contributed by atoms with van der Waals surface area (Å²) in [6.07, 6.45) is 0.320. The van der Waals surface area contributed by atoms with E-state index in [0.29, 0.717) is 6.42 Å². The molecule has 0 bridgehead atoms. The summed E-state index contributed by atoms with van der Waals surface area (Å²) >= 11 is 11.2. The van der Waals surface area contributed by atoms with E-state index in [2.05, 4.69) is 15.3 Å². The van der Waals surface area contributed by atoms with Gasteiger partial charge in [0.1, 0.15) is 11.0 Å². The Morgan fingerprint density at radius 2 is 2.11 bits per heavy atom. The van der Waals surface area contributed by atoms with Gasteiger partial charge in [0.05, 0.1) is 17.4 Å². The van der Waals surface area contributed by atoms with Crippen LogP contribution in [0.25, 0.3) is 0 Å². The van der Waals surface area contributed by atoms with Crippen molar-refractivity contribution < 1.29 is 13.2 Å². The number of sulfone groups is 1. The molecule has 1 aliphatic heterocycles. The first kappa shape index (κ1) is 13.5. The van der Waals surface area contributed by atoms with Crippen molar-refractivity contribution in [2.24, 2.45) is 5.92 Å². The highest BCUT2D eigenvalue weighted by molar-refractivity contribution is 7.91. The van der Waals surface area contributed by atoms with Crippen LogP contribution in [0.2, 0.25) is 10.4 Å². The number of nitrogens with zero attached hydrogens (tertiary/aromatic N) is 2. The molecule has 1 saturated heterocycles. The lowest BCUT2D eigenvalue weighted by Crippen LogP contribution is -2.24. The summed E-state index contributed by atoms with van der Waals surface area (Å²) in [5, 5.41) is 2.49. The van der Waals surface area contributed by atoms with E-state index in [9.17, 15) is 13.2 Å². The van der Waals surface area contributed by atoms with Gasteiger partial charge in [-0.3, -0.25) is 4.79 Å². The molecular weight excluding hydrogens is 301 g/mol. The second kappa shape index (κ2) is 4.99. The topological polar surface area (TPSA) is 89.0 Å². The highest BCUT2D eigenvalue weighted by Crippen LogP contribution is 2.21. The van der Waals surface area contributed by atoms with Gasteiger partial charge < -0.3 is 5.32 Å². The van der Waals surface area contributed by atoms with E-state index in [4.69, 9.17) is 23.2 Å². The van der Waals surface area contributed by atoms with Crippen LogP contribution in [0.4, 0.5) is 5.82 Å². The minimum Gasteiger partial charge on any atom is -0.310 e. The average Bonchev–Trinajstić information content (AvgIpc) is 2.57. The van der Waals surface area contributed by atoms with Crippen molar-refractivity contribution in [2.75, 3.05) is 16.8 Å². The van der Waals surface area contributed by atoms with E-state index in [0.717, 1.165) is 0 Å². The van der Waals surface area contributed by atoms with Crippen molar-refractivity contribution in [3.63, 3.8) is 0 Å². The van der Waals surface area contributed by atoms with Crippen molar-refractivity contribution >= 4 is 44.8 Å². The lowest BCUT2D eigenvalue weighted by Gasteiger charge is -2.08. The minimum atomic E-state index is -3.09. The number of halogens is 2. The van der Waals surface area contributed by atoms with Gasteiger partial charge in [-0.05, 0) is 18.0 Å². The molecule has 9 heteroatoms. The van der Waals surface area contributed by atoms with Crippen molar-refractivity contribution in [3.8, 4) is 0 Å². The lowest BCUT2D eigenvalue weighted by atomic mass is 10.1. The third kappa shape index (κ3) is 3.30. The molecule has 1 aromatic heterocycles. The summed E-state index contributed by atoms with van der Waals surface area (Å²) in [6.45, 7) is 0. The van der Waals surface area contributed by atoms with Crippen LogP contribution in [0.1, 0.15) is 6.42 Å². The zero-order valence-electron chi connectivity index (χ0n) is 9.06. The molecule has 0 aliphatic carbocycles. The molecule has 1 amide bonds. The number of amides is 1. The SMILES string of the molecule is O=C(Nc1cc(Cl)nc(Cl)n1)C1CCS(=O)(=O)C1. The Kier molecular flexibility index (Phi) is 3.74. The third-order valence-electron chi connectivity index (χ3n) is 2.52. The number of nitrogens with one attached hydrogen (secondary N) is 1. The van der Waals surface area contributed by atoms with Crippen LogP contribution in [0.5, 0.6) is 0 Å². The fraction of sp³-hybridized carbons (Fsp3) is 0.444. The van der Waals surface area contributed by atoms with Crippen LogP contribution in [0.15, 0.2) is 6.07 Å². The number of rotatable bonds is 2. The molecule has 0 saturated carbocycles. The number of carbonyl (C=O) groups is 1. The van der Waals surface area contributed by atoms with Gasteiger partial charge >= 0.3 is 0 Å². The Morgan fingerprint density at radius 3 is 2.67 bits per heavy atom. The van der Waals surface area contributed by atoms with Crippen LogP contribution in [-0.4, -0.2) is 35.8 Å². The molecule has 1 N–H and O–H groups in total. The summed E-state index contributed by atoms with van der Waals surface area (Å²) in [5.41, 5.74) is 0. The normalized spacial score (nSPS) is 21.8. The maximum atomic E-state index is 11.8. The van der Waals surface area contributed by atoms with Crippen LogP contribution in [-0.2, 0) is 14.6 Å². The number of hydrogen-bond acceptors (Lipinski definition) is 5. The number of carbonyl (C=O) groups excluding carboxylic acids is 1. The number of aromatic nitrogens is 2. The molecule has 18 heavy (non-hydrogen) atoms. The highest BCUT2D eigenvalue weighted by atomic mass is 35.5. The van der Waals surface area contributed by atoms with Crippen molar-refractivity contribution in [1.82, 2.24) is 9.97 Å². The molecular formula is C9H9Cl2N3O3S. The number of hydrogen-bond donors (Lipinski definition) is 1. The first-order valence-corrected chi connectivity index (χ1v) is 7.65. The fourth-order valence-electron chi connectivity index (χ4n) is 1.68. The minimum absolute atomic E-state index is 0.0381. The van der Waals surface area contributed by atoms with Gasteiger partial charge in [-0.25, -0.2) is 18.4 Å². The van der Waals surface area contributed by atoms with Gasteiger partial charge in [0.15, 0.2) is 9.84 Å². The summed E-state index contributed by atoms with van der Waals surface area (Å²) < 4.78 is 22.5. The van der Waals surface area contributed by atoms with Crippen molar-refractivity contribution in [3.05, 3.63) is 16.5 Å². The third-order valence-corrected chi connectivity index (χ3v) is 4.65. The second-order valence-corrected chi connectivity index (χ2v) is 6.89. The molecule has 2 heterocycles.